The summed E-state index contributed by atoms with van der Waals surface area (Å²) in [6.45, 7) is 9.47. The number of nitrogens with one attached hydrogen (secondary N) is 3. The van der Waals surface area contributed by atoms with Gasteiger partial charge in [0.25, 0.3) is 5.56 Å². The van der Waals surface area contributed by atoms with E-state index in [1.165, 1.54) is 32.1 Å². The van der Waals surface area contributed by atoms with Crippen molar-refractivity contribution in [1.82, 2.24) is 15.2 Å². The number of amides is 3. The summed E-state index contributed by atoms with van der Waals surface area (Å²) in [5.41, 5.74) is 0.306. The molecule has 1 aliphatic rings. The highest BCUT2D eigenvalue weighted by atomic mass is 16.6. The number of aromatic nitrogens is 1. The van der Waals surface area contributed by atoms with Crippen LogP contribution in [0.1, 0.15) is 97.5 Å². The van der Waals surface area contributed by atoms with Gasteiger partial charge >= 0.3 is 6.09 Å². The molecule has 1 fully saturated rings. The maximum absolute atomic E-state index is 13.7. The molecule has 2 aromatic rings. The van der Waals surface area contributed by atoms with Gasteiger partial charge in [-0.2, -0.15) is 0 Å². The number of ether oxygens (including phenoxy) is 1. The molecule has 41 heavy (non-hydrogen) atoms. The molecule has 0 aliphatic heterocycles. The topological polar surface area (TPSA) is 119 Å². The second kappa shape index (κ2) is 14.0. The second-order valence-electron chi connectivity index (χ2n) is 12.7. The number of hydrogen-bond acceptors (Lipinski definition) is 5. The van der Waals surface area contributed by atoms with Crippen LogP contribution >= 0.6 is 0 Å². The number of fused-ring (bicyclic) bond motifs is 1. The minimum Gasteiger partial charge on any atom is -0.444 e. The number of anilines is 1. The molecule has 0 bridgehead atoms. The van der Waals surface area contributed by atoms with Crippen LogP contribution in [-0.4, -0.2) is 40.2 Å². The summed E-state index contributed by atoms with van der Waals surface area (Å²) in [5, 5.41) is 9.69. The zero-order chi connectivity index (χ0) is 30.2. The molecule has 0 saturated heterocycles. The number of pyridine rings is 1. The van der Waals surface area contributed by atoms with Crippen LogP contribution in [0.3, 0.4) is 0 Å². The van der Waals surface area contributed by atoms with E-state index in [1.54, 1.807) is 30.7 Å². The van der Waals surface area contributed by atoms with Crippen molar-refractivity contribution in [2.45, 2.75) is 110 Å². The van der Waals surface area contributed by atoms with Crippen molar-refractivity contribution in [3.8, 4) is 0 Å². The van der Waals surface area contributed by atoms with E-state index in [-0.39, 0.29) is 17.4 Å². The van der Waals surface area contributed by atoms with Crippen LogP contribution in [0.2, 0.25) is 0 Å². The summed E-state index contributed by atoms with van der Waals surface area (Å²) in [6.07, 6.45) is 8.43. The zero-order valence-corrected chi connectivity index (χ0v) is 25.7. The molecule has 9 heteroatoms. The van der Waals surface area contributed by atoms with Crippen molar-refractivity contribution in [2.24, 2.45) is 13.0 Å². The third kappa shape index (κ3) is 9.61. The van der Waals surface area contributed by atoms with Gasteiger partial charge in [-0.15, -0.1) is 0 Å². The number of carbonyl (C=O) groups is 3. The van der Waals surface area contributed by atoms with E-state index in [2.05, 4.69) is 16.0 Å². The monoisotopic (exact) mass is 568 g/mol. The second-order valence-corrected chi connectivity index (χ2v) is 12.7. The fraction of sp³-hybridized carbons (Fsp3) is 0.625. The minimum absolute atomic E-state index is 0.117. The fourth-order valence-electron chi connectivity index (χ4n) is 5.49. The Balaban J connectivity index is 1.68. The molecule has 226 valence electrons. The molecule has 1 saturated carbocycles. The van der Waals surface area contributed by atoms with Crippen molar-refractivity contribution in [1.29, 1.82) is 0 Å². The number of nitrogens with zero attached hydrogens (tertiary/aromatic N) is 1. The molecule has 3 amide bonds. The molecule has 9 nitrogen and oxygen atoms in total. The van der Waals surface area contributed by atoms with Crippen molar-refractivity contribution in [2.75, 3.05) is 11.9 Å². The van der Waals surface area contributed by atoms with E-state index in [0.29, 0.717) is 43.8 Å². The SMILES string of the molecule is Cc1cc(=O)n(C)c2cc(NC(=O)C(C)(CCCCNC(=O)OC(C)(C)C)NC(=O)CCC3CCCCC3)ccc12. The van der Waals surface area contributed by atoms with Gasteiger partial charge in [-0.1, -0.05) is 38.2 Å². The summed E-state index contributed by atoms with van der Waals surface area (Å²) in [4.78, 5) is 51.0. The van der Waals surface area contributed by atoms with Gasteiger partial charge in [-0.25, -0.2) is 4.79 Å². The van der Waals surface area contributed by atoms with Crippen LogP contribution in [-0.2, 0) is 21.4 Å². The number of unbranched alkanes of at least 4 members (excludes halogenated alkanes) is 1. The highest BCUT2D eigenvalue weighted by Gasteiger charge is 2.34. The minimum atomic E-state index is -1.15. The van der Waals surface area contributed by atoms with Gasteiger partial charge in [0.05, 0.1) is 5.52 Å². The van der Waals surface area contributed by atoms with E-state index in [9.17, 15) is 19.2 Å². The maximum Gasteiger partial charge on any atom is 0.407 e. The molecule has 1 heterocycles. The first-order chi connectivity index (χ1) is 19.3. The quantitative estimate of drug-likeness (QED) is 0.300. The van der Waals surface area contributed by atoms with Crippen LogP contribution in [0, 0.1) is 12.8 Å². The molecule has 1 atom stereocenters. The molecule has 1 aromatic carbocycles. The molecule has 0 radical (unpaired) electrons. The Morgan fingerprint density at radius 3 is 2.41 bits per heavy atom. The molecule has 3 N–H and O–H groups in total. The summed E-state index contributed by atoms with van der Waals surface area (Å²) < 4.78 is 6.84. The third-order valence-corrected chi connectivity index (χ3v) is 7.90. The van der Waals surface area contributed by atoms with Gasteiger partial charge in [0, 0.05) is 37.2 Å². The van der Waals surface area contributed by atoms with Crippen molar-refractivity contribution in [3.63, 3.8) is 0 Å². The fourth-order valence-corrected chi connectivity index (χ4v) is 5.49. The number of alkyl carbamates (subject to hydrolysis) is 1. The highest BCUT2D eigenvalue weighted by Crippen LogP contribution is 2.28. The van der Waals surface area contributed by atoms with E-state index in [0.717, 1.165) is 22.9 Å². The summed E-state index contributed by atoms with van der Waals surface area (Å²) in [5.74, 6) is 0.124. The lowest BCUT2D eigenvalue weighted by atomic mass is 9.86. The van der Waals surface area contributed by atoms with Crippen molar-refractivity contribution < 1.29 is 19.1 Å². The van der Waals surface area contributed by atoms with Gasteiger partial charge in [-0.3, -0.25) is 14.4 Å². The molecular weight excluding hydrogens is 520 g/mol. The number of benzene rings is 1. The number of aryl methyl sites for hydroxylation is 2. The van der Waals surface area contributed by atoms with Gasteiger partial charge < -0.3 is 25.3 Å². The summed E-state index contributed by atoms with van der Waals surface area (Å²) >= 11 is 0. The molecule has 1 aliphatic carbocycles. The van der Waals surface area contributed by atoms with Crippen molar-refractivity contribution in [3.05, 3.63) is 40.2 Å². The van der Waals surface area contributed by atoms with Crippen molar-refractivity contribution >= 4 is 34.5 Å². The van der Waals surface area contributed by atoms with E-state index < -0.39 is 17.2 Å². The average molecular weight is 569 g/mol. The Labute approximate surface area is 243 Å². The summed E-state index contributed by atoms with van der Waals surface area (Å²) in [6, 6.07) is 7.09. The Bertz CT molecular complexity index is 1290. The van der Waals surface area contributed by atoms with E-state index in [1.807, 2.05) is 39.8 Å². The van der Waals surface area contributed by atoms with Crippen LogP contribution in [0.15, 0.2) is 29.1 Å². The number of hydrogen-bond donors (Lipinski definition) is 3. The Morgan fingerprint density at radius 1 is 1.02 bits per heavy atom. The molecule has 1 aromatic heterocycles. The third-order valence-electron chi connectivity index (χ3n) is 7.90. The van der Waals surface area contributed by atoms with Crippen LogP contribution in [0.4, 0.5) is 10.5 Å². The van der Waals surface area contributed by atoms with Crippen LogP contribution in [0.5, 0.6) is 0 Å². The first-order valence-corrected chi connectivity index (χ1v) is 15.0. The molecule has 3 rings (SSSR count). The van der Waals surface area contributed by atoms with E-state index in [4.69, 9.17) is 4.74 Å². The lowest BCUT2D eigenvalue weighted by molar-refractivity contribution is -0.130. The number of carbonyl (C=O) groups excluding carboxylic acids is 3. The van der Waals surface area contributed by atoms with Gasteiger partial charge in [0.15, 0.2) is 0 Å². The molecular formula is C32H48N4O5. The van der Waals surface area contributed by atoms with Gasteiger partial charge in [0.1, 0.15) is 11.1 Å². The number of rotatable bonds is 11. The normalized spacial score (nSPS) is 15.7. The largest absolute Gasteiger partial charge is 0.444 e. The van der Waals surface area contributed by atoms with Gasteiger partial charge in [-0.05, 0) is 83.9 Å². The van der Waals surface area contributed by atoms with Crippen LogP contribution in [0.25, 0.3) is 10.9 Å². The zero-order valence-electron chi connectivity index (χ0n) is 25.7. The van der Waals surface area contributed by atoms with Gasteiger partial charge in [0.2, 0.25) is 11.8 Å². The predicted molar refractivity (Wildman–Crippen MR) is 163 cm³/mol. The lowest BCUT2D eigenvalue weighted by Gasteiger charge is -2.30. The lowest BCUT2D eigenvalue weighted by Crippen LogP contribution is -2.54. The first-order valence-electron chi connectivity index (χ1n) is 15.0. The van der Waals surface area contributed by atoms with Crippen LogP contribution < -0.4 is 21.5 Å². The molecule has 1 unspecified atom stereocenters. The smallest absolute Gasteiger partial charge is 0.407 e. The Hall–Kier alpha value is -3.36. The first kappa shape index (κ1) is 32.2. The molecule has 0 spiro atoms. The maximum atomic E-state index is 13.7. The standard InChI is InChI=1S/C32H48N4O5/c1-22-20-28(38)36(6)26-21-24(15-16-25(22)26)34-29(39)32(5,18-10-11-19-33-30(40)41-31(2,3)4)35-27(37)17-14-23-12-8-7-9-13-23/h15-16,20-21,23H,7-14,17-19H2,1-6H3,(H,33,40)(H,34,39)(H,35,37). The predicted octanol–water partition coefficient (Wildman–Crippen LogP) is 5.72. The Morgan fingerprint density at radius 2 is 1.73 bits per heavy atom. The average Bonchev–Trinajstić information content (AvgIpc) is 2.90. The highest BCUT2D eigenvalue weighted by molar-refractivity contribution is 6.01. The van der Waals surface area contributed by atoms with E-state index >= 15 is 0 Å². The summed E-state index contributed by atoms with van der Waals surface area (Å²) in [7, 11) is 1.71. The Kier molecular flexibility index (Phi) is 11.0.